The summed E-state index contributed by atoms with van der Waals surface area (Å²) < 4.78 is 31.7. The summed E-state index contributed by atoms with van der Waals surface area (Å²) in [5.74, 6) is -3.15. The molecule has 0 aliphatic carbocycles. The molecule has 0 bridgehead atoms. The largest absolute Gasteiger partial charge is 0.490 e. The minimum Gasteiger partial charge on any atom is -0.475 e. The van der Waals surface area contributed by atoms with Crippen LogP contribution in [0, 0.1) is 0 Å². The highest BCUT2D eigenvalue weighted by atomic mass is 32.1. The van der Waals surface area contributed by atoms with E-state index in [1.54, 1.807) is 34.8 Å². The molecular formula is C20H19F3N2O3S2. The molecule has 30 heavy (non-hydrogen) atoms. The lowest BCUT2D eigenvalue weighted by molar-refractivity contribution is -0.192. The molecule has 0 radical (unpaired) electrons. The fraction of sp³-hybridized carbons (Fsp3) is 0.200. The smallest absolute Gasteiger partial charge is 0.475 e. The molecule has 0 unspecified atom stereocenters. The molecule has 1 aromatic carbocycles. The number of alkyl halides is 3. The van der Waals surface area contributed by atoms with Gasteiger partial charge in [0.2, 0.25) is 5.91 Å². The maximum absolute atomic E-state index is 11.1. The predicted molar refractivity (Wildman–Crippen MR) is 112 cm³/mol. The average Bonchev–Trinajstić information content (AvgIpc) is 3.37. The van der Waals surface area contributed by atoms with Crippen molar-refractivity contribution in [3.63, 3.8) is 0 Å². The summed E-state index contributed by atoms with van der Waals surface area (Å²) >= 11 is 3.55. The lowest BCUT2D eigenvalue weighted by atomic mass is 10.1. The predicted octanol–water partition coefficient (Wildman–Crippen LogP) is 4.54. The number of benzene rings is 1. The van der Waals surface area contributed by atoms with Crippen LogP contribution in [-0.2, 0) is 17.8 Å². The van der Waals surface area contributed by atoms with Gasteiger partial charge in [-0.25, -0.2) is 4.79 Å². The standard InChI is InChI=1S/C18H18N2OS2.C2HF3O2/c19-18(21)14-5-3-13(4-6-14)15-10-17(23-12-15)11-20-8-7-16-2-1-9-22-16;3-2(4,5)1(6)7/h1-6,9-10,12,20H,7-8,11H2,(H2,19,21);(H,6,7). The van der Waals surface area contributed by atoms with Crippen molar-refractivity contribution >= 4 is 34.6 Å². The molecule has 3 rings (SSSR count). The molecule has 4 N–H and O–H groups in total. The molecule has 160 valence electrons. The summed E-state index contributed by atoms with van der Waals surface area (Å²) in [7, 11) is 0. The number of thiophene rings is 2. The molecule has 5 nitrogen and oxygen atoms in total. The number of carboxylic acids is 1. The topological polar surface area (TPSA) is 92.4 Å². The average molecular weight is 457 g/mol. The molecule has 0 saturated carbocycles. The number of amides is 1. The van der Waals surface area contributed by atoms with E-state index in [1.165, 1.54) is 15.3 Å². The van der Waals surface area contributed by atoms with Crippen molar-refractivity contribution in [2.75, 3.05) is 6.54 Å². The summed E-state index contributed by atoms with van der Waals surface area (Å²) in [6.45, 7) is 1.87. The molecule has 0 aliphatic heterocycles. The summed E-state index contributed by atoms with van der Waals surface area (Å²) in [6.07, 6.45) is -4.01. The van der Waals surface area contributed by atoms with E-state index in [-0.39, 0.29) is 0 Å². The summed E-state index contributed by atoms with van der Waals surface area (Å²) in [5.41, 5.74) is 8.10. The molecule has 1 amide bonds. The maximum Gasteiger partial charge on any atom is 0.490 e. The van der Waals surface area contributed by atoms with Crippen molar-refractivity contribution < 1.29 is 27.9 Å². The van der Waals surface area contributed by atoms with E-state index in [4.69, 9.17) is 15.6 Å². The van der Waals surface area contributed by atoms with Gasteiger partial charge in [-0.3, -0.25) is 4.79 Å². The molecule has 0 atom stereocenters. The molecule has 0 spiro atoms. The molecule has 10 heteroatoms. The van der Waals surface area contributed by atoms with Gasteiger partial charge in [-0.2, -0.15) is 13.2 Å². The molecule has 2 aromatic heterocycles. The number of carboxylic acid groups (broad SMARTS) is 1. The fourth-order valence-electron chi connectivity index (χ4n) is 2.33. The third kappa shape index (κ3) is 7.62. The highest BCUT2D eigenvalue weighted by molar-refractivity contribution is 7.10. The number of nitrogens with one attached hydrogen (secondary N) is 1. The van der Waals surface area contributed by atoms with Gasteiger partial charge >= 0.3 is 12.1 Å². The van der Waals surface area contributed by atoms with Gasteiger partial charge < -0.3 is 16.2 Å². The van der Waals surface area contributed by atoms with Gasteiger partial charge in [-0.05, 0) is 52.6 Å². The third-order valence-electron chi connectivity index (χ3n) is 3.83. The Kier molecular flexibility index (Phi) is 8.58. The number of halogens is 3. The number of primary amides is 1. The van der Waals surface area contributed by atoms with Crippen molar-refractivity contribution in [1.29, 1.82) is 0 Å². The zero-order valence-corrected chi connectivity index (χ0v) is 17.2. The lowest BCUT2D eigenvalue weighted by Gasteiger charge is -2.01. The van der Waals surface area contributed by atoms with E-state index < -0.39 is 18.1 Å². The number of hydrogen-bond donors (Lipinski definition) is 3. The molecular weight excluding hydrogens is 437 g/mol. The van der Waals surface area contributed by atoms with Crippen LogP contribution in [-0.4, -0.2) is 29.7 Å². The summed E-state index contributed by atoms with van der Waals surface area (Å²) in [6, 6.07) is 13.9. The Bertz CT molecular complexity index is 953. The highest BCUT2D eigenvalue weighted by Gasteiger charge is 2.38. The van der Waals surface area contributed by atoms with Gasteiger partial charge in [0.1, 0.15) is 0 Å². The number of hydrogen-bond acceptors (Lipinski definition) is 5. The number of rotatable bonds is 7. The van der Waals surface area contributed by atoms with Gasteiger partial charge in [0.25, 0.3) is 0 Å². The van der Waals surface area contributed by atoms with Crippen LogP contribution in [0.2, 0.25) is 0 Å². The van der Waals surface area contributed by atoms with Crippen LogP contribution in [0.5, 0.6) is 0 Å². The van der Waals surface area contributed by atoms with Crippen molar-refractivity contribution in [3.05, 3.63) is 68.5 Å². The van der Waals surface area contributed by atoms with E-state index in [0.29, 0.717) is 5.56 Å². The first-order valence-corrected chi connectivity index (χ1v) is 10.4. The number of carbonyl (C=O) groups is 2. The van der Waals surface area contributed by atoms with E-state index in [0.717, 1.165) is 25.1 Å². The SMILES string of the molecule is NC(=O)c1ccc(-c2csc(CNCCc3cccs3)c2)cc1.O=C(O)C(F)(F)F. The Morgan fingerprint density at radius 3 is 2.23 bits per heavy atom. The highest BCUT2D eigenvalue weighted by Crippen LogP contribution is 2.26. The first kappa shape index (κ1) is 23.6. The molecule has 0 aliphatic rings. The van der Waals surface area contributed by atoms with Crippen LogP contribution in [0.1, 0.15) is 20.1 Å². The molecule has 0 saturated heterocycles. The minimum atomic E-state index is -5.08. The Morgan fingerprint density at radius 1 is 1.03 bits per heavy atom. The minimum absolute atomic E-state index is 0.391. The van der Waals surface area contributed by atoms with Crippen LogP contribution < -0.4 is 11.1 Å². The van der Waals surface area contributed by atoms with Gasteiger partial charge in [0, 0.05) is 28.4 Å². The first-order chi connectivity index (χ1) is 14.2. The number of nitrogens with two attached hydrogens (primary N) is 1. The second kappa shape index (κ2) is 10.9. The van der Waals surface area contributed by atoms with E-state index in [2.05, 4.69) is 34.3 Å². The van der Waals surface area contributed by atoms with Crippen molar-refractivity contribution in [2.24, 2.45) is 5.73 Å². The van der Waals surface area contributed by atoms with E-state index in [9.17, 15) is 18.0 Å². The Morgan fingerprint density at radius 2 is 1.70 bits per heavy atom. The lowest BCUT2D eigenvalue weighted by Crippen LogP contribution is -2.21. The Hall–Kier alpha value is -2.69. The second-order valence-corrected chi connectivity index (χ2v) is 8.08. The molecule has 0 fully saturated rings. The summed E-state index contributed by atoms with van der Waals surface area (Å²) in [4.78, 5) is 22.7. The third-order valence-corrected chi connectivity index (χ3v) is 5.70. The zero-order chi connectivity index (χ0) is 22.1. The van der Waals surface area contributed by atoms with E-state index >= 15 is 0 Å². The van der Waals surface area contributed by atoms with Crippen molar-refractivity contribution in [1.82, 2.24) is 5.32 Å². The first-order valence-electron chi connectivity index (χ1n) is 8.67. The van der Waals surface area contributed by atoms with Crippen molar-refractivity contribution in [3.8, 4) is 11.1 Å². The van der Waals surface area contributed by atoms with Gasteiger partial charge in [-0.15, -0.1) is 22.7 Å². The van der Waals surface area contributed by atoms with Crippen LogP contribution in [0.15, 0.2) is 53.2 Å². The summed E-state index contributed by atoms with van der Waals surface area (Å²) in [5, 5.41) is 14.9. The Balaban J connectivity index is 0.000000396. The maximum atomic E-state index is 11.1. The van der Waals surface area contributed by atoms with Crippen LogP contribution in [0.25, 0.3) is 11.1 Å². The van der Waals surface area contributed by atoms with Crippen LogP contribution in [0.3, 0.4) is 0 Å². The van der Waals surface area contributed by atoms with Gasteiger partial charge in [0.05, 0.1) is 0 Å². The Labute approximate surface area is 179 Å². The zero-order valence-electron chi connectivity index (χ0n) is 15.6. The van der Waals surface area contributed by atoms with Crippen LogP contribution >= 0.6 is 22.7 Å². The number of carbonyl (C=O) groups excluding carboxylic acids is 1. The monoisotopic (exact) mass is 456 g/mol. The normalized spacial score (nSPS) is 10.9. The van der Waals surface area contributed by atoms with Crippen LogP contribution in [0.4, 0.5) is 13.2 Å². The van der Waals surface area contributed by atoms with Gasteiger partial charge in [0.15, 0.2) is 0 Å². The quantitative estimate of drug-likeness (QED) is 0.455. The fourth-order valence-corrected chi connectivity index (χ4v) is 3.90. The van der Waals surface area contributed by atoms with Crippen molar-refractivity contribution in [2.45, 2.75) is 19.1 Å². The van der Waals surface area contributed by atoms with E-state index in [1.807, 2.05) is 12.1 Å². The van der Waals surface area contributed by atoms with Gasteiger partial charge in [-0.1, -0.05) is 18.2 Å². The second-order valence-electron chi connectivity index (χ2n) is 6.05. The number of aliphatic carboxylic acids is 1. The molecule has 2 heterocycles. The molecule has 3 aromatic rings.